The second-order valence-electron chi connectivity index (χ2n) is 7.45. The van der Waals surface area contributed by atoms with E-state index in [9.17, 15) is 9.59 Å². The van der Waals surface area contributed by atoms with Crippen LogP contribution in [0.4, 0.5) is 16.2 Å². The van der Waals surface area contributed by atoms with Crippen LogP contribution in [0.1, 0.15) is 48.0 Å². The number of hydrogen-bond donors (Lipinski definition) is 3. The minimum Gasteiger partial charge on any atom is -0.444 e. The summed E-state index contributed by atoms with van der Waals surface area (Å²) in [7, 11) is 0. The summed E-state index contributed by atoms with van der Waals surface area (Å²) in [5, 5.41) is 8.90. The molecule has 0 aliphatic rings. The van der Waals surface area contributed by atoms with Gasteiger partial charge in [-0.05, 0) is 65.3 Å². The van der Waals surface area contributed by atoms with Gasteiger partial charge in [-0.2, -0.15) is 0 Å². The van der Waals surface area contributed by atoms with Crippen LogP contribution < -0.4 is 16.0 Å². The van der Waals surface area contributed by atoms with Crippen LogP contribution in [0.2, 0.25) is 0 Å². The average Bonchev–Trinajstić information content (AvgIpc) is 2.36. The summed E-state index contributed by atoms with van der Waals surface area (Å²) in [5.74, 6) is -0.0920. The summed E-state index contributed by atoms with van der Waals surface area (Å²) in [6.45, 7) is 11.6. The molecule has 24 heavy (non-hydrogen) atoms. The van der Waals surface area contributed by atoms with Gasteiger partial charge in [-0.25, -0.2) is 4.79 Å². The Hall–Kier alpha value is -2.24. The molecule has 0 aliphatic heterocycles. The van der Waals surface area contributed by atoms with Crippen molar-refractivity contribution in [2.45, 2.75) is 59.1 Å². The van der Waals surface area contributed by atoms with E-state index in [0.29, 0.717) is 6.54 Å². The second-order valence-corrected chi connectivity index (χ2v) is 7.45. The maximum absolute atomic E-state index is 11.8. The van der Waals surface area contributed by atoms with E-state index in [1.165, 1.54) is 6.92 Å². The van der Waals surface area contributed by atoms with E-state index in [1.807, 2.05) is 58.9 Å². The van der Waals surface area contributed by atoms with E-state index in [-0.39, 0.29) is 11.4 Å². The van der Waals surface area contributed by atoms with Crippen LogP contribution in [0.25, 0.3) is 0 Å². The highest BCUT2D eigenvalue weighted by Crippen LogP contribution is 2.16. The summed E-state index contributed by atoms with van der Waals surface area (Å²) in [6, 6.07) is 7.49. The average molecular weight is 335 g/mol. The van der Waals surface area contributed by atoms with E-state index in [2.05, 4.69) is 16.0 Å². The first-order valence-electron chi connectivity index (χ1n) is 8.09. The van der Waals surface area contributed by atoms with Gasteiger partial charge in [0.05, 0.1) is 0 Å². The molecule has 6 heteroatoms. The van der Waals surface area contributed by atoms with Crippen LogP contribution in [-0.2, 0) is 9.53 Å². The van der Waals surface area contributed by atoms with Gasteiger partial charge in [-0.3, -0.25) is 4.79 Å². The minimum absolute atomic E-state index is 0.0920. The molecule has 134 valence electrons. The molecule has 2 amide bonds. The van der Waals surface area contributed by atoms with Gasteiger partial charge in [0, 0.05) is 30.4 Å². The smallest absolute Gasteiger partial charge is 0.408 e. The summed E-state index contributed by atoms with van der Waals surface area (Å²) in [6.07, 6.45) is 0.326. The molecule has 3 N–H and O–H groups in total. The maximum atomic E-state index is 11.8. The highest BCUT2D eigenvalue weighted by Gasteiger charge is 2.24. The summed E-state index contributed by atoms with van der Waals surface area (Å²) in [5.41, 5.74) is 0.830. The van der Waals surface area contributed by atoms with E-state index in [1.54, 1.807) is 0 Å². The number of benzene rings is 1. The molecule has 0 atom stereocenters. The molecule has 0 aromatic heterocycles. The fourth-order valence-corrected chi connectivity index (χ4v) is 2.04. The van der Waals surface area contributed by atoms with Gasteiger partial charge in [0.2, 0.25) is 5.91 Å². The number of alkyl carbamates (subject to hydrolysis) is 1. The topological polar surface area (TPSA) is 79.5 Å². The van der Waals surface area contributed by atoms with Gasteiger partial charge in [0.1, 0.15) is 5.60 Å². The van der Waals surface area contributed by atoms with Crippen molar-refractivity contribution in [3.05, 3.63) is 24.3 Å². The molecule has 0 fully saturated rings. The molecular weight excluding hydrogens is 306 g/mol. The second kappa shape index (κ2) is 8.04. The molecular formula is C18H29N3O3. The number of carbonyl (C=O) groups excluding carboxylic acids is 2. The molecule has 0 spiro atoms. The fraction of sp³-hybridized carbons (Fsp3) is 0.556. The first-order valence-corrected chi connectivity index (χ1v) is 8.09. The third-order valence-electron chi connectivity index (χ3n) is 3.12. The summed E-state index contributed by atoms with van der Waals surface area (Å²) < 4.78 is 5.28. The number of hydrogen-bond acceptors (Lipinski definition) is 4. The fourth-order valence-electron chi connectivity index (χ4n) is 2.04. The third-order valence-corrected chi connectivity index (χ3v) is 3.12. The zero-order valence-corrected chi connectivity index (χ0v) is 15.4. The molecule has 1 rings (SSSR count). The van der Waals surface area contributed by atoms with Crippen LogP contribution >= 0.6 is 0 Å². The standard InChI is InChI=1S/C18H29N3O3/c1-13(22)20-15-9-7-14(8-10-15)19-12-11-18(5,6)21-16(23)24-17(2,3)4/h7-10,19H,11-12H2,1-6H3,(H,20,22)(H,21,23). The van der Waals surface area contributed by atoms with Gasteiger partial charge < -0.3 is 20.7 Å². The van der Waals surface area contributed by atoms with Gasteiger partial charge in [-0.15, -0.1) is 0 Å². The Bertz CT molecular complexity index is 560. The van der Waals surface area contributed by atoms with Gasteiger partial charge >= 0.3 is 6.09 Å². The van der Waals surface area contributed by atoms with E-state index in [4.69, 9.17) is 4.74 Å². The van der Waals surface area contributed by atoms with Crippen LogP contribution in [0.3, 0.4) is 0 Å². The molecule has 0 bridgehead atoms. The Labute approximate surface area is 144 Å². The molecule has 0 saturated heterocycles. The molecule has 0 unspecified atom stereocenters. The third kappa shape index (κ3) is 8.41. The largest absolute Gasteiger partial charge is 0.444 e. The maximum Gasteiger partial charge on any atom is 0.408 e. The molecule has 1 aromatic carbocycles. The van der Waals surface area contributed by atoms with Crippen molar-refractivity contribution in [3.63, 3.8) is 0 Å². The van der Waals surface area contributed by atoms with Crippen molar-refractivity contribution < 1.29 is 14.3 Å². The van der Waals surface area contributed by atoms with Crippen LogP contribution in [-0.4, -0.2) is 29.7 Å². The van der Waals surface area contributed by atoms with Crippen LogP contribution in [0.15, 0.2) is 24.3 Å². The molecule has 1 aromatic rings. The SMILES string of the molecule is CC(=O)Nc1ccc(NCCC(C)(C)NC(=O)OC(C)(C)C)cc1. The van der Waals surface area contributed by atoms with E-state index < -0.39 is 11.7 Å². The Kier molecular flexibility index (Phi) is 6.63. The summed E-state index contributed by atoms with van der Waals surface area (Å²) >= 11 is 0. The number of carbonyl (C=O) groups is 2. The van der Waals surface area contributed by atoms with Crippen molar-refractivity contribution in [2.75, 3.05) is 17.2 Å². The Morgan fingerprint density at radius 1 is 1.00 bits per heavy atom. The number of nitrogens with one attached hydrogen (secondary N) is 3. The lowest BCUT2D eigenvalue weighted by Gasteiger charge is -2.28. The highest BCUT2D eigenvalue weighted by atomic mass is 16.6. The normalized spacial score (nSPS) is 11.6. The quantitative estimate of drug-likeness (QED) is 0.740. The first-order chi connectivity index (χ1) is 11.0. The molecule has 6 nitrogen and oxygen atoms in total. The van der Waals surface area contributed by atoms with Gasteiger partial charge in [-0.1, -0.05) is 0 Å². The lowest BCUT2D eigenvalue weighted by atomic mass is 10.0. The number of rotatable bonds is 6. The highest BCUT2D eigenvalue weighted by molar-refractivity contribution is 5.88. The minimum atomic E-state index is -0.506. The van der Waals surface area contributed by atoms with Gasteiger partial charge in [0.15, 0.2) is 0 Å². The van der Waals surface area contributed by atoms with Crippen molar-refractivity contribution in [1.29, 1.82) is 0 Å². The van der Waals surface area contributed by atoms with E-state index >= 15 is 0 Å². The number of anilines is 2. The van der Waals surface area contributed by atoms with Crippen LogP contribution in [0.5, 0.6) is 0 Å². The Balaban J connectivity index is 2.42. The first kappa shape index (κ1) is 19.8. The zero-order chi connectivity index (χ0) is 18.4. The predicted molar refractivity (Wildman–Crippen MR) is 97.3 cm³/mol. The van der Waals surface area contributed by atoms with Crippen molar-refractivity contribution >= 4 is 23.4 Å². The van der Waals surface area contributed by atoms with Gasteiger partial charge in [0.25, 0.3) is 0 Å². The molecule has 0 radical (unpaired) electrons. The number of amides is 2. The Morgan fingerprint density at radius 2 is 1.54 bits per heavy atom. The monoisotopic (exact) mass is 335 g/mol. The Morgan fingerprint density at radius 3 is 2.04 bits per heavy atom. The van der Waals surface area contributed by atoms with E-state index in [0.717, 1.165) is 17.8 Å². The van der Waals surface area contributed by atoms with Crippen molar-refractivity contribution in [2.24, 2.45) is 0 Å². The number of ether oxygens (including phenoxy) is 1. The predicted octanol–water partition coefficient (Wildman–Crippen LogP) is 3.75. The summed E-state index contributed by atoms with van der Waals surface area (Å²) in [4.78, 5) is 22.8. The van der Waals surface area contributed by atoms with Crippen LogP contribution in [0, 0.1) is 0 Å². The molecule has 0 heterocycles. The molecule has 0 aliphatic carbocycles. The molecule has 0 saturated carbocycles. The zero-order valence-electron chi connectivity index (χ0n) is 15.4. The lowest BCUT2D eigenvalue weighted by molar-refractivity contribution is -0.114. The van der Waals surface area contributed by atoms with Crippen molar-refractivity contribution in [1.82, 2.24) is 5.32 Å². The van der Waals surface area contributed by atoms with Crippen molar-refractivity contribution in [3.8, 4) is 0 Å². The lowest BCUT2D eigenvalue weighted by Crippen LogP contribution is -2.46.